The highest BCUT2D eigenvalue weighted by Gasteiger charge is 2.14. The number of nitrogens with one attached hydrogen (secondary N) is 2. The molecule has 0 aliphatic carbocycles. The zero-order valence-electron chi connectivity index (χ0n) is 13.3. The molecular formula is C18H12F2N4O2. The third-order valence-corrected chi connectivity index (χ3v) is 3.96. The Bertz CT molecular complexity index is 1210. The molecular weight excluding hydrogens is 342 g/mol. The number of anilines is 1. The van der Waals surface area contributed by atoms with Crippen LogP contribution in [0.2, 0.25) is 0 Å². The first kappa shape index (κ1) is 15.9. The van der Waals surface area contributed by atoms with E-state index in [-0.39, 0.29) is 17.6 Å². The van der Waals surface area contributed by atoms with Crippen LogP contribution in [-0.4, -0.2) is 20.7 Å². The van der Waals surface area contributed by atoms with Gasteiger partial charge in [-0.05, 0) is 36.4 Å². The zero-order chi connectivity index (χ0) is 18.3. The Hall–Kier alpha value is -3.55. The number of hydrogen-bond acceptors (Lipinski definition) is 3. The summed E-state index contributed by atoms with van der Waals surface area (Å²) in [5.41, 5.74) is 0.760. The van der Waals surface area contributed by atoms with Crippen LogP contribution in [0.5, 0.6) is 0 Å². The van der Waals surface area contributed by atoms with Crippen molar-refractivity contribution in [2.45, 2.75) is 6.54 Å². The Kier molecular flexibility index (Phi) is 3.72. The molecule has 0 aliphatic heterocycles. The minimum Gasteiger partial charge on any atom is -0.324 e. The summed E-state index contributed by atoms with van der Waals surface area (Å²) in [6.07, 6.45) is 1.38. The fourth-order valence-electron chi connectivity index (χ4n) is 2.80. The van der Waals surface area contributed by atoms with Crippen LogP contribution < -0.4 is 10.9 Å². The summed E-state index contributed by atoms with van der Waals surface area (Å²) >= 11 is 0. The lowest BCUT2D eigenvalue weighted by atomic mass is 10.2. The standard InChI is InChI=1S/C18H12F2N4O2/c19-10-2-1-3-12(6-10)22-16(25)9-24-18(26)14-8-21-15-5-4-11(20)7-13(15)17(14)23-24/h1-8,23H,9H2,(H,22,25). The predicted octanol–water partition coefficient (Wildman–Crippen LogP) is 2.79. The van der Waals surface area contributed by atoms with E-state index < -0.39 is 23.1 Å². The van der Waals surface area contributed by atoms with E-state index in [4.69, 9.17) is 0 Å². The summed E-state index contributed by atoms with van der Waals surface area (Å²) in [5.74, 6) is -1.44. The SMILES string of the molecule is O=C(Cn1[nH]c2c(cnc3ccc(F)cc32)c1=O)Nc1cccc(F)c1. The van der Waals surface area contributed by atoms with Gasteiger partial charge in [-0.2, -0.15) is 0 Å². The molecule has 6 nitrogen and oxygen atoms in total. The summed E-state index contributed by atoms with van der Waals surface area (Å²) < 4.78 is 27.8. The zero-order valence-corrected chi connectivity index (χ0v) is 13.3. The van der Waals surface area contributed by atoms with Gasteiger partial charge in [0.2, 0.25) is 5.91 Å². The van der Waals surface area contributed by atoms with E-state index >= 15 is 0 Å². The van der Waals surface area contributed by atoms with Crippen LogP contribution in [-0.2, 0) is 11.3 Å². The first-order valence-electron chi connectivity index (χ1n) is 7.73. The topological polar surface area (TPSA) is 79.8 Å². The first-order valence-corrected chi connectivity index (χ1v) is 7.73. The lowest BCUT2D eigenvalue weighted by Gasteiger charge is -2.05. The molecule has 0 bridgehead atoms. The minimum atomic E-state index is -0.507. The van der Waals surface area contributed by atoms with Crippen LogP contribution in [0.3, 0.4) is 0 Å². The van der Waals surface area contributed by atoms with Crippen molar-refractivity contribution in [1.29, 1.82) is 0 Å². The van der Waals surface area contributed by atoms with Crippen molar-refractivity contribution in [3.63, 3.8) is 0 Å². The normalized spacial score (nSPS) is 11.2. The van der Waals surface area contributed by atoms with Crippen LogP contribution in [0.1, 0.15) is 0 Å². The number of halogens is 2. The molecule has 2 heterocycles. The van der Waals surface area contributed by atoms with Crippen molar-refractivity contribution < 1.29 is 13.6 Å². The molecule has 8 heteroatoms. The van der Waals surface area contributed by atoms with E-state index in [1.54, 1.807) is 0 Å². The van der Waals surface area contributed by atoms with Crippen LogP contribution in [0.15, 0.2) is 53.5 Å². The molecule has 2 N–H and O–H groups in total. The smallest absolute Gasteiger partial charge is 0.276 e. The molecule has 0 saturated heterocycles. The highest BCUT2D eigenvalue weighted by atomic mass is 19.1. The number of pyridine rings is 1. The van der Waals surface area contributed by atoms with E-state index in [2.05, 4.69) is 15.4 Å². The molecule has 0 atom stereocenters. The van der Waals surface area contributed by atoms with Gasteiger partial charge in [0.15, 0.2) is 0 Å². The van der Waals surface area contributed by atoms with Crippen LogP contribution in [0.25, 0.3) is 21.8 Å². The van der Waals surface area contributed by atoms with Gasteiger partial charge in [0.1, 0.15) is 18.2 Å². The molecule has 1 amide bonds. The van der Waals surface area contributed by atoms with Crippen LogP contribution in [0, 0.1) is 11.6 Å². The van der Waals surface area contributed by atoms with Gasteiger partial charge in [0.05, 0.1) is 16.4 Å². The number of aromatic amines is 1. The van der Waals surface area contributed by atoms with E-state index in [0.717, 1.165) is 4.68 Å². The van der Waals surface area contributed by atoms with Crippen molar-refractivity contribution in [3.05, 3.63) is 70.6 Å². The number of H-pyrrole nitrogens is 1. The van der Waals surface area contributed by atoms with E-state index in [9.17, 15) is 18.4 Å². The predicted molar refractivity (Wildman–Crippen MR) is 92.8 cm³/mol. The van der Waals surface area contributed by atoms with Crippen LogP contribution in [0.4, 0.5) is 14.5 Å². The van der Waals surface area contributed by atoms with Crippen molar-refractivity contribution in [3.8, 4) is 0 Å². The van der Waals surface area contributed by atoms with Crippen molar-refractivity contribution in [2.75, 3.05) is 5.32 Å². The molecule has 130 valence electrons. The maximum atomic E-state index is 13.5. The third-order valence-electron chi connectivity index (χ3n) is 3.96. The number of carbonyl (C=O) groups is 1. The summed E-state index contributed by atoms with van der Waals surface area (Å²) in [4.78, 5) is 28.7. The highest BCUT2D eigenvalue weighted by Crippen LogP contribution is 2.20. The average Bonchev–Trinajstić information content (AvgIpc) is 2.91. The lowest BCUT2D eigenvalue weighted by molar-refractivity contribution is -0.116. The summed E-state index contributed by atoms with van der Waals surface area (Å²) in [6, 6.07) is 9.50. The quantitative estimate of drug-likeness (QED) is 0.594. The van der Waals surface area contributed by atoms with Gasteiger partial charge < -0.3 is 5.32 Å². The number of fused-ring (bicyclic) bond motifs is 3. The van der Waals surface area contributed by atoms with Gasteiger partial charge in [-0.3, -0.25) is 19.7 Å². The second-order valence-corrected chi connectivity index (χ2v) is 5.77. The van der Waals surface area contributed by atoms with E-state index in [1.165, 1.54) is 48.7 Å². The van der Waals surface area contributed by atoms with Crippen LogP contribution >= 0.6 is 0 Å². The molecule has 26 heavy (non-hydrogen) atoms. The highest BCUT2D eigenvalue weighted by molar-refractivity contribution is 6.02. The fourth-order valence-corrected chi connectivity index (χ4v) is 2.80. The minimum absolute atomic E-state index is 0.252. The molecule has 0 spiro atoms. The second kappa shape index (κ2) is 6.07. The van der Waals surface area contributed by atoms with E-state index in [1.807, 2.05) is 0 Å². The molecule has 4 aromatic rings. The van der Waals surface area contributed by atoms with Crippen molar-refractivity contribution in [2.24, 2.45) is 0 Å². The summed E-state index contributed by atoms with van der Waals surface area (Å²) in [5, 5.41) is 6.04. The van der Waals surface area contributed by atoms with Gasteiger partial charge in [-0.15, -0.1) is 0 Å². The number of nitrogens with zero attached hydrogens (tertiary/aromatic N) is 2. The molecule has 0 saturated carbocycles. The molecule has 0 radical (unpaired) electrons. The summed E-state index contributed by atoms with van der Waals surface area (Å²) in [7, 11) is 0. The van der Waals surface area contributed by atoms with Gasteiger partial charge in [-0.1, -0.05) is 6.07 Å². The third kappa shape index (κ3) is 2.81. The Morgan fingerprint density at radius 3 is 2.73 bits per heavy atom. The number of benzene rings is 2. The fraction of sp³-hybridized carbons (Fsp3) is 0.0556. The second-order valence-electron chi connectivity index (χ2n) is 5.77. The molecule has 0 fully saturated rings. The lowest BCUT2D eigenvalue weighted by Crippen LogP contribution is -2.26. The van der Waals surface area contributed by atoms with E-state index in [0.29, 0.717) is 16.4 Å². The van der Waals surface area contributed by atoms with Gasteiger partial charge in [0.25, 0.3) is 5.56 Å². The van der Waals surface area contributed by atoms with Gasteiger partial charge in [-0.25, -0.2) is 13.5 Å². The van der Waals surface area contributed by atoms with Gasteiger partial charge in [0, 0.05) is 17.3 Å². The first-order chi connectivity index (χ1) is 12.5. The number of hydrogen-bond donors (Lipinski definition) is 2. The molecule has 0 aliphatic rings. The average molecular weight is 354 g/mol. The molecule has 2 aromatic heterocycles. The number of rotatable bonds is 3. The Morgan fingerprint density at radius 2 is 1.92 bits per heavy atom. The largest absolute Gasteiger partial charge is 0.324 e. The maximum absolute atomic E-state index is 13.5. The maximum Gasteiger partial charge on any atom is 0.276 e. The molecule has 2 aromatic carbocycles. The number of amides is 1. The summed E-state index contributed by atoms with van der Waals surface area (Å²) in [6.45, 7) is -0.305. The molecule has 4 rings (SSSR count). The Balaban J connectivity index is 1.69. The Morgan fingerprint density at radius 1 is 1.12 bits per heavy atom. The number of carbonyl (C=O) groups excluding carboxylic acids is 1. The molecule has 0 unspecified atom stereocenters. The van der Waals surface area contributed by atoms with Crippen molar-refractivity contribution in [1.82, 2.24) is 14.8 Å². The number of aromatic nitrogens is 3. The Labute approximate surface area is 145 Å². The van der Waals surface area contributed by atoms with Gasteiger partial charge >= 0.3 is 0 Å². The van der Waals surface area contributed by atoms with Crippen molar-refractivity contribution >= 4 is 33.4 Å². The monoisotopic (exact) mass is 354 g/mol.